The number of fused-ring (bicyclic) bond motifs is 1. The van der Waals surface area contributed by atoms with Gasteiger partial charge in [0.05, 0.1) is 0 Å². The highest BCUT2D eigenvalue weighted by Crippen LogP contribution is 2.35. The smallest absolute Gasteiger partial charge is 0.252 e. The molecule has 1 aliphatic rings. The Bertz CT molecular complexity index is 585. The fraction of sp³-hybridized carbons (Fsp3) is 0.300. The zero-order valence-electron chi connectivity index (χ0n) is 8.05. The lowest BCUT2D eigenvalue weighted by Gasteiger charge is -2.07. The standard InChI is InChI=1S/C10H10N4O/c11-10-12-5-6-1-4-8(15)14(7-2-3-7)9(6)13-10/h1,4-5,7H,2-3H2,(H2,11,12,13). The monoisotopic (exact) mass is 202 g/mol. The van der Waals surface area contributed by atoms with Crippen LogP contribution in [0.2, 0.25) is 0 Å². The highest BCUT2D eigenvalue weighted by Gasteiger charge is 2.26. The number of nitrogen functional groups attached to an aromatic ring is 1. The Hall–Kier alpha value is -1.91. The third-order valence-electron chi connectivity index (χ3n) is 2.60. The van der Waals surface area contributed by atoms with Crippen LogP contribution in [0.4, 0.5) is 5.95 Å². The molecule has 2 heterocycles. The quantitative estimate of drug-likeness (QED) is 0.739. The van der Waals surface area contributed by atoms with E-state index in [-0.39, 0.29) is 11.5 Å². The van der Waals surface area contributed by atoms with Crippen LogP contribution in [-0.4, -0.2) is 14.5 Å². The number of hydrogen-bond acceptors (Lipinski definition) is 4. The topological polar surface area (TPSA) is 73.8 Å². The van der Waals surface area contributed by atoms with E-state index in [4.69, 9.17) is 5.73 Å². The lowest BCUT2D eigenvalue weighted by atomic mass is 10.3. The second kappa shape index (κ2) is 2.79. The average Bonchev–Trinajstić information content (AvgIpc) is 3.01. The minimum Gasteiger partial charge on any atom is -0.368 e. The maximum absolute atomic E-state index is 11.7. The summed E-state index contributed by atoms with van der Waals surface area (Å²) in [6.07, 6.45) is 3.74. The van der Waals surface area contributed by atoms with Crippen molar-refractivity contribution in [2.24, 2.45) is 0 Å². The SMILES string of the molecule is Nc1ncc2ccc(=O)n(C3CC3)c2n1. The summed E-state index contributed by atoms with van der Waals surface area (Å²) >= 11 is 0. The summed E-state index contributed by atoms with van der Waals surface area (Å²) in [6.45, 7) is 0. The van der Waals surface area contributed by atoms with Gasteiger partial charge in [-0.05, 0) is 18.9 Å². The highest BCUT2D eigenvalue weighted by molar-refractivity contribution is 5.75. The fourth-order valence-electron chi connectivity index (χ4n) is 1.74. The Balaban J connectivity index is 2.42. The number of hydrogen-bond donors (Lipinski definition) is 1. The number of anilines is 1. The van der Waals surface area contributed by atoms with E-state index < -0.39 is 0 Å². The van der Waals surface area contributed by atoms with Gasteiger partial charge in [0.1, 0.15) is 5.65 Å². The number of nitrogens with two attached hydrogens (primary N) is 1. The van der Waals surface area contributed by atoms with E-state index in [1.807, 2.05) is 0 Å². The number of aromatic nitrogens is 3. The van der Waals surface area contributed by atoms with Crippen LogP contribution in [0.5, 0.6) is 0 Å². The molecular formula is C10H10N4O. The minimum absolute atomic E-state index is 0.0110. The largest absolute Gasteiger partial charge is 0.368 e. The van der Waals surface area contributed by atoms with Gasteiger partial charge in [-0.1, -0.05) is 0 Å². The Morgan fingerprint density at radius 2 is 2.20 bits per heavy atom. The van der Waals surface area contributed by atoms with Gasteiger partial charge in [-0.25, -0.2) is 4.98 Å². The minimum atomic E-state index is -0.0110. The molecule has 3 rings (SSSR count). The first-order valence-corrected chi connectivity index (χ1v) is 4.89. The van der Waals surface area contributed by atoms with Crippen molar-refractivity contribution in [3.63, 3.8) is 0 Å². The maximum atomic E-state index is 11.7. The van der Waals surface area contributed by atoms with E-state index in [2.05, 4.69) is 9.97 Å². The molecule has 0 spiro atoms. The van der Waals surface area contributed by atoms with Gasteiger partial charge in [0.2, 0.25) is 5.95 Å². The van der Waals surface area contributed by atoms with E-state index >= 15 is 0 Å². The zero-order chi connectivity index (χ0) is 10.4. The second-order valence-electron chi connectivity index (χ2n) is 3.78. The lowest BCUT2D eigenvalue weighted by molar-refractivity contribution is 0.729. The molecular weight excluding hydrogens is 192 g/mol. The van der Waals surface area contributed by atoms with E-state index in [0.717, 1.165) is 18.2 Å². The molecule has 0 amide bonds. The molecule has 0 saturated heterocycles. The van der Waals surface area contributed by atoms with Crippen molar-refractivity contribution < 1.29 is 0 Å². The van der Waals surface area contributed by atoms with Crippen LogP contribution < -0.4 is 11.3 Å². The Labute approximate surface area is 85.6 Å². The van der Waals surface area contributed by atoms with E-state index in [1.54, 1.807) is 22.9 Å². The molecule has 1 aliphatic carbocycles. The Morgan fingerprint density at radius 1 is 1.40 bits per heavy atom. The summed E-state index contributed by atoms with van der Waals surface area (Å²) in [6, 6.07) is 3.59. The molecule has 1 fully saturated rings. The number of pyridine rings is 1. The average molecular weight is 202 g/mol. The van der Waals surface area contributed by atoms with Crippen molar-refractivity contribution in [1.82, 2.24) is 14.5 Å². The van der Waals surface area contributed by atoms with Gasteiger partial charge in [-0.15, -0.1) is 0 Å². The molecule has 0 aliphatic heterocycles. The first-order valence-electron chi connectivity index (χ1n) is 4.89. The maximum Gasteiger partial charge on any atom is 0.252 e. The van der Waals surface area contributed by atoms with Gasteiger partial charge in [0.25, 0.3) is 5.56 Å². The summed E-state index contributed by atoms with van der Waals surface area (Å²) in [5.74, 6) is 0.211. The molecule has 2 N–H and O–H groups in total. The molecule has 1 saturated carbocycles. The second-order valence-corrected chi connectivity index (χ2v) is 3.78. The fourth-order valence-corrected chi connectivity index (χ4v) is 1.74. The summed E-state index contributed by atoms with van der Waals surface area (Å²) in [5, 5.41) is 0.857. The Morgan fingerprint density at radius 3 is 2.93 bits per heavy atom. The van der Waals surface area contributed by atoms with Gasteiger partial charge in [-0.3, -0.25) is 9.36 Å². The lowest BCUT2D eigenvalue weighted by Crippen LogP contribution is -2.19. The van der Waals surface area contributed by atoms with Crippen LogP contribution in [0.3, 0.4) is 0 Å². The summed E-state index contributed by atoms with van der Waals surface area (Å²) in [5.41, 5.74) is 6.17. The molecule has 76 valence electrons. The van der Waals surface area contributed by atoms with Gasteiger partial charge < -0.3 is 5.73 Å². The molecule has 2 aromatic rings. The highest BCUT2D eigenvalue weighted by atomic mass is 16.1. The number of rotatable bonds is 1. The third-order valence-corrected chi connectivity index (χ3v) is 2.60. The van der Waals surface area contributed by atoms with Gasteiger partial charge >= 0.3 is 0 Å². The summed E-state index contributed by atoms with van der Waals surface area (Å²) in [4.78, 5) is 19.7. The van der Waals surface area contributed by atoms with Crippen molar-refractivity contribution in [3.05, 3.63) is 28.7 Å². The van der Waals surface area contributed by atoms with E-state index in [1.165, 1.54) is 0 Å². The summed E-state index contributed by atoms with van der Waals surface area (Å²) < 4.78 is 1.72. The predicted octanol–water partition coefficient (Wildman–Crippen LogP) is 0.709. The molecule has 0 radical (unpaired) electrons. The molecule has 2 aromatic heterocycles. The van der Waals surface area contributed by atoms with Gasteiger partial charge in [0.15, 0.2) is 0 Å². The van der Waals surface area contributed by atoms with Gasteiger partial charge in [-0.2, -0.15) is 4.98 Å². The van der Waals surface area contributed by atoms with Crippen molar-refractivity contribution in [2.45, 2.75) is 18.9 Å². The van der Waals surface area contributed by atoms with Crippen molar-refractivity contribution in [3.8, 4) is 0 Å². The third kappa shape index (κ3) is 1.27. The molecule has 5 nitrogen and oxygen atoms in total. The van der Waals surface area contributed by atoms with Crippen LogP contribution >= 0.6 is 0 Å². The van der Waals surface area contributed by atoms with Crippen LogP contribution in [-0.2, 0) is 0 Å². The van der Waals surface area contributed by atoms with Gasteiger partial charge in [0, 0.05) is 23.7 Å². The predicted molar refractivity (Wildman–Crippen MR) is 56.5 cm³/mol. The molecule has 0 aromatic carbocycles. The van der Waals surface area contributed by atoms with Crippen molar-refractivity contribution in [1.29, 1.82) is 0 Å². The molecule has 0 bridgehead atoms. The molecule has 15 heavy (non-hydrogen) atoms. The van der Waals surface area contributed by atoms with Crippen LogP contribution in [0.15, 0.2) is 23.1 Å². The van der Waals surface area contributed by atoms with Crippen LogP contribution in [0.25, 0.3) is 11.0 Å². The van der Waals surface area contributed by atoms with Crippen LogP contribution in [0, 0.1) is 0 Å². The van der Waals surface area contributed by atoms with Crippen molar-refractivity contribution in [2.75, 3.05) is 5.73 Å². The normalized spacial score (nSPS) is 15.7. The Kier molecular flexibility index (Phi) is 1.56. The van der Waals surface area contributed by atoms with Crippen molar-refractivity contribution >= 4 is 17.0 Å². The summed E-state index contributed by atoms with van der Waals surface area (Å²) in [7, 11) is 0. The molecule has 0 atom stereocenters. The number of nitrogens with zero attached hydrogens (tertiary/aromatic N) is 3. The molecule has 5 heteroatoms. The van der Waals surface area contributed by atoms with E-state index in [0.29, 0.717) is 11.7 Å². The first-order chi connectivity index (χ1) is 7.25. The molecule has 0 unspecified atom stereocenters. The first kappa shape index (κ1) is 8.40. The zero-order valence-corrected chi connectivity index (χ0v) is 8.05. The van der Waals surface area contributed by atoms with Crippen LogP contribution in [0.1, 0.15) is 18.9 Å². The van der Waals surface area contributed by atoms with E-state index in [9.17, 15) is 4.79 Å².